The fourth-order valence-electron chi connectivity index (χ4n) is 3.54. The second kappa shape index (κ2) is 8.70. The van der Waals surface area contributed by atoms with E-state index >= 15 is 0 Å². The summed E-state index contributed by atoms with van der Waals surface area (Å²) in [6, 6.07) is 14.8. The third kappa shape index (κ3) is 4.75. The number of rotatable bonds is 6. The lowest BCUT2D eigenvalue weighted by Gasteiger charge is -2.30. The van der Waals surface area contributed by atoms with Gasteiger partial charge in [0.1, 0.15) is 50.8 Å². The molecule has 5 heteroatoms. The molecule has 4 nitrogen and oxygen atoms in total. The standard InChI is InChI=1S/C20H25BrN2O2/c1-24-19-6-4-3-5-17(19)15-23-11-9-22(10-12-23)14-16-7-8-20(25-2)18(21)13-16/h3-8,13H,9-12,14-15H2,1-2H3/p+2. The predicted molar refractivity (Wildman–Crippen MR) is 102 cm³/mol. The molecule has 0 atom stereocenters. The number of hydrogen-bond acceptors (Lipinski definition) is 2. The van der Waals surface area contributed by atoms with Gasteiger partial charge in [0.05, 0.1) is 18.7 Å². The van der Waals surface area contributed by atoms with Crippen molar-refractivity contribution >= 4 is 15.9 Å². The molecule has 0 bridgehead atoms. The van der Waals surface area contributed by atoms with E-state index in [1.807, 2.05) is 12.1 Å². The molecular weight excluding hydrogens is 380 g/mol. The summed E-state index contributed by atoms with van der Waals surface area (Å²) in [5.74, 6) is 1.90. The summed E-state index contributed by atoms with van der Waals surface area (Å²) in [6.45, 7) is 6.92. The van der Waals surface area contributed by atoms with Crippen LogP contribution in [0.15, 0.2) is 46.9 Å². The van der Waals surface area contributed by atoms with Gasteiger partial charge >= 0.3 is 0 Å². The number of nitrogens with one attached hydrogen (secondary N) is 2. The Hall–Kier alpha value is -1.56. The Balaban J connectivity index is 1.52. The lowest BCUT2D eigenvalue weighted by Crippen LogP contribution is -3.27. The molecule has 0 unspecified atom stereocenters. The van der Waals surface area contributed by atoms with Gasteiger partial charge in [0.15, 0.2) is 0 Å². The lowest BCUT2D eigenvalue weighted by molar-refractivity contribution is -1.02. The number of piperazine rings is 1. The van der Waals surface area contributed by atoms with Crippen LogP contribution in [0.2, 0.25) is 0 Å². The molecule has 134 valence electrons. The van der Waals surface area contributed by atoms with Crippen molar-refractivity contribution in [3.63, 3.8) is 0 Å². The average Bonchev–Trinajstić information content (AvgIpc) is 2.64. The van der Waals surface area contributed by atoms with E-state index in [0.29, 0.717) is 0 Å². The van der Waals surface area contributed by atoms with E-state index in [1.54, 1.807) is 24.0 Å². The summed E-state index contributed by atoms with van der Waals surface area (Å²) in [5, 5.41) is 0. The van der Waals surface area contributed by atoms with Gasteiger partial charge in [-0.2, -0.15) is 0 Å². The van der Waals surface area contributed by atoms with E-state index in [9.17, 15) is 0 Å². The van der Waals surface area contributed by atoms with Gasteiger partial charge in [0, 0.05) is 11.1 Å². The zero-order valence-electron chi connectivity index (χ0n) is 15.0. The molecule has 2 N–H and O–H groups in total. The molecule has 0 amide bonds. The first kappa shape index (κ1) is 18.2. The van der Waals surface area contributed by atoms with Crippen molar-refractivity contribution in [3.8, 4) is 11.5 Å². The molecule has 0 aliphatic carbocycles. The van der Waals surface area contributed by atoms with Crippen LogP contribution in [-0.4, -0.2) is 40.4 Å². The van der Waals surface area contributed by atoms with Crippen molar-refractivity contribution in [1.82, 2.24) is 0 Å². The Bertz CT molecular complexity index is 700. The van der Waals surface area contributed by atoms with E-state index in [2.05, 4.69) is 46.3 Å². The van der Waals surface area contributed by atoms with Crippen LogP contribution < -0.4 is 19.3 Å². The van der Waals surface area contributed by atoms with Crippen molar-refractivity contribution in [2.24, 2.45) is 0 Å². The minimum atomic E-state index is 0.893. The number of methoxy groups -OCH3 is 2. The number of hydrogen-bond donors (Lipinski definition) is 2. The Morgan fingerprint density at radius 3 is 2.12 bits per heavy atom. The number of halogens is 1. The Kier molecular flexibility index (Phi) is 6.34. The molecule has 0 spiro atoms. The van der Waals surface area contributed by atoms with Gasteiger partial charge in [-0.3, -0.25) is 0 Å². The second-order valence-electron chi connectivity index (χ2n) is 6.63. The molecule has 25 heavy (non-hydrogen) atoms. The SMILES string of the molecule is COc1ccc(C[NH+]2CC[NH+](Cc3ccccc3OC)CC2)cc1Br. The molecule has 2 aromatic rings. The quantitative estimate of drug-likeness (QED) is 0.747. The van der Waals surface area contributed by atoms with Gasteiger partial charge in [0.25, 0.3) is 0 Å². The third-order valence-electron chi connectivity index (χ3n) is 4.97. The molecule has 1 heterocycles. The number of quaternary nitrogens is 2. The normalized spacial score (nSPS) is 20.3. The van der Waals surface area contributed by atoms with Gasteiger partial charge in [-0.1, -0.05) is 12.1 Å². The van der Waals surface area contributed by atoms with Gasteiger partial charge in [-0.25, -0.2) is 0 Å². The van der Waals surface area contributed by atoms with Crippen molar-refractivity contribution in [2.75, 3.05) is 40.4 Å². The summed E-state index contributed by atoms with van der Waals surface area (Å²) in [7, 11) is 3.46. The predicted octanol–water partition coefficient (Wildman–Crippen LogP) is 0.950. The Morgan fingerprint density at radius 1 is 0.840 bits per heavy atom. The van der Waals surface area contributed by atoms with Crippen LogP contribution >= 0.6 is 15.9 Å². The molecule has 1 fully saturated rings. The first-order chi connectivity index (χ1) is 12.2. The lowest BCUT2D eigenvalue weighted by atomic mass is 10.1. The Morgan fingerprint density at radius 2 is 1.48 bits per heavy atom. The highest BCUT2D eigenvalue weighted by Gasteiger charge is 2.24. The highest BCUT2D eigenvalue weighted by Crippen LogP contribution is 2.25. The monoisotopic (exact) mass is 406 g/mol. The number of para-hydroxylation sites is 1. The van der Waals surface area contributed by atoms with Gasteiger partial charge in [-0.05, 0) is 46.3 Å². The minimum Gasteiger partial charge on any atom is -0.496 e. The van der Waals surface area contributed by atoms with Crippen LogP contribution in [0.1, 0.15) is 11.1 Å². The van der Waals surface area contributed by atoms with E-state index < -0.39 is 0 Å². The van der Waals surface area contributed by atoms with Crippen molar-refractivity contribution in [2.45, 2.75) is 13.1 Å². The molecule has 2 aromatic carbocycles. The van der Waals surface area contributed by atoms with Gasteiger partial charge < -0.3 is 19.3 Å². The van der Waals surface area contributed by atoms with Gasteiger partial charge in [-0.15, -0.1) is 0 Å². The molecule has 0 saturated carbocycles. The minimum absolute atomic E-state index is 0.893. The summed E-state index contributed by atoms with van der Waals surface area (Å²) in [6.07, 6.45) is 0. The van der Waals surface area contributed by atoms with E-state index in [-0.39, 0.29) is 0 Å². The summed E-state index contributed by atoms with van der Waals surface area (Å²) >= 11 is 3.58. The maximum Gasteiger partial charge on any atom is 0.133 e. The summed E-state index contributed by atoms with van der Waals surface area (Å²) < 4.78 is 11.8. The summed E-state index contributed by atoms with van der Waals surface area (Å²) in [4.78, 5) is 3.30. The topological polar surface area (TPSA) is 27.3 Å². The van der Waals surface area contributed by atoms with Crippen molar-refractivity contribution < 1.29 is 19.3 Å². The first-order valence-electron chi connectivity index (χ1n) is 8.81. The summed E-state index contributed by atoms with van der Waals surface area (Å²) in [5.41, 5.74) is 2.67. The highest BCUT2D eigenvalue weighted by molar-refractivity contribution is 9.10. The van der Waals surface area contributed by atoms with Gasteiger partial charge in [0.2, 0.25) is 0 Å². The smallest absolute Gasteiger partial charge is 0.133 e. The fraction of sp³-hybridized carbons (Fsp3) is 0.400. The van der Waals surface area contributed by atoms with Crippen molar-refractivity contribution in [1.29, 1.82) is 0 Å². The molecule has 0 aromatic heterocycles. The third-order valence-corrected chi connectivity index (χ3v) is 5.59. The van der Waals surface area contributed by atoms with Crippen LogP contribution in [0.4, 0.5) is 0 Å². The fourth-order valence-corrected chi connectivity index (χ4v) is 4.13. The van der Waals surface area contributed by atoms with Crippen LogP contribution in [0, 0.1) is 0 Å². The molecule has 3 rings (SSSR count). The van der Waals surface area contributed by atoms with Crippen LogP contribution in [0.3, 0.4) is 0 Å². The van der Waals surface area contributed by atoms with Crippen LogP contribution in [-0.2, 0) is 13.1 Å². The average molecular weight is 407 g/mol. The van der Waals surface area contributed by atoms with E-state index in [4.69, 9.17) is 9.47 Å². The molecule has 0 radical (unpaired) electrons. The molecule has 1 aliphatic rings. The van der Waals surface area contributed by atoms with Crippen molar-refractivity contribution in [3.05, 3.63) is 58.1 Å². The zero-order chi connectivity index (χ0) is 17.6. The first-order valence-corrected chi connectivity index (χ1v) is 9.60. The molecule has 1 aliphatic heterocycles. The van der Waals surface area contributed by atoms with E-state index in [1.165, 1.54) is 37.3 Å². The van der Waals surface area contributed by atoms with Crippen LogP contribution in [0.5, 0.6) is 11.5 Å². The zero-order valence-corrected chi connectivity index (χ0v) is 16.6. The second-order valence-corrected chi connectivity index (χ2v) is 7.49. The van der Waals surface area contributed by atoms with E-state index in [0.717, 1.165) is 29.1 Å². The molecule has 1 saturated heterocycles. The molecular formula is C20H27BrN2O2+2. The van der Waals surface area contributed by atoms with Crippen LogP contribution in [0.25, 0.3) is 0 Å². The number of benzene rings is 2. The highest BCUT2D eigenvalue weighted by atomic mass is 79.9. The number of ether oxygens (including phenoxy) is 2. The maximum absolute atomic E-state index is 5.48. The maximum atomic E-state index is 5.48. The Labute approximate surface area is 158 Å². The largest absolute Gasteiger partial charge is 0.496 e.